The van der Waals surface area contributed by atoms with Crippen LogP contribution in [0.5, 0.6) is 0 Å². The number of carbonyl (C=O) groups excluding carboxylic acids is 1. The van der Waals surface area contributed by atoms with Crippen molar-refractivity contribution in [2.75, 3.05) is 13.7 Å². The third-order valence-corrected chi connectivity index (χ3v) is 8.53. The van der Waals surface area contributed by atoms with Gasteiger partial charge in [0, 0.05) is 17.9 Å². The van der Waals surface area contributed by atoms with Gasteiger partial charge in [-0.25, -0.2) is 4.79 Å². The normalized spacial score (nSPS) is 52.5. The lowest BCUT2D eigenvalue weighted by molar-refractivity contribution is -0.256. The molecule has 0 aromatic rings. The Hall–Kier alpha value is -1.53. The van der Waals surface area contributed by atoms with Crippen molar-refractivity contribution < 1.29 is 23.7 Å². The zero-order chi connectivity index (χ0) is 19.4. The van der Waals surface area contributed by atoms with Crippen LogP contribution in [0, 0.1) is 17.8 Å². The van der Waals surface area contributed by atoms with Crippen molar-refractivity contribution in [2.24, 2.45) is 17.8 Å². The number of unbranched alkanes of at least 4 members (excludes halogenated alkanes) is 1. The number of cyclic esters (lactones) is 1. The van der Waals surface area contributed by atoms with Gasteiger partial charge in [0.05, 0.1) is 30.2 Å². The average Bonchev–Trinajstić information content (AvgIpc) is 3.38. The Morgan fingerprint density at radius 1 is 1.36 bits per heavy atom. The molecule has 0 radical (unpaired) electrons. The number of rotatable bonds is 4. The fourth-order valence-electron chi connectivity index (χ4n) is 7.64. The van der Waals surface area contributed by atoms with E-state index in [-0.39, 0.29) is 29.4 Å². The summed E-state index contributed by atoms with van der Waals surface area (Å²) in [6.45, 7) is 7.37. The number of hydrogen-bond acceptors (Lipinski definition) is 6. The Morgan fingerprint density at radius 3 is 2.93 bits per heavy atom. The molecule has 6 aliphatic rings. The summed E-state index contributed by atoms with van der Waals surface area (Å²) in [6, 6.07) is 0.496. The summed E-state index contributed by atoms with van der Waals surface area (Å²) in [6.07, 6.45) is 6.15. The van der Waals surface area contributed by atoms with E-state index in [1.807, 2.05) is 0 Å². The van der Waals surface area contributed by atoms with Crippen LogP contribution < -0.4 is 0 Å². The molecule has 28 heavy (non-hydrogen) atoms. The van der Waals surface area contributed by atoms with Crippen LogP contribution in [0.4, 0.5) is 0 Å². The first-order valence-corrected chi connectivity index (χ1v) is 10.8. The molecule has 0 aromatic carbocycles. The van der Waals surface area contributed by atoms with Gasteiger partial charge in [-0.3, -0.25) is 4.90 Å². The SMILES string of the molecule is CCCCC12C3CC4C5C(C)C(=C6OC(=O)C(C)=C6OC)OC5(O3)C1CCN42. The highest BCUT2D eigenvalue weighted by Crippen LogP contribution is 2.73. The summed E-state index contributed by atoms with van der Waals surface area (Å²) in [5, 5.41) is 0. The van der Waals surface area contributed by atoms with E-state index in [1.54, 1.807) is 14.0 Å². The second-order valence-corrected chi connectivity index (χ2v) is 9.42. The Morgan fingerprint density at radius 2 is 2.18 bits per heavy atom. The predicted octanol–water partition coefficient (Wildman–Crippen LogP) is 3.09. The largest absolute Gasteiger partial charge is 0.492 e. The highest BCUT2D eigenvalue weighted by molar-refractivity contribution is 5.93. The predicted molar refractivity (Wildman–Crippen MR) is 99.6 cm³/mol. The zero-order valence-corrected chi connectivity index (χ0v) is 17.1. The van der Waals surface area contributed by atoms with E-state index in [0.717, 1.165) is 25.1 Å². The maximum absolute atomic E-state index is 12.2. The molecule has 0 N–H and O–H groups in total. The van der Waals surface area contributed by atoms with Gasteiger partial charge in [0.25, 0.3) is 0 Å². The number of methoxy groups -OCH3 is 1. The number of fused-ring (bicyclic) bond motifs is 1. The van der Waals surface area contributed by atoms with Gasteiger partial charge in [-0.15, -0.1) is 0 Å². The smallest absolute Gasteiger partial charge is 0.343 e. The molecule has 5 saturated heterocycles. The van der Waals surface area contributed by atoms with Crippen molar-refractivity contribution in [3.63, 3.8) is 0 Å². The Kier molecular flexibility index (Phi) is 3.30. The second kappa shape index (κ2) is 5.33. The first-order chi connectivity index (χ1) is 13.5. The summed E-state index contributed by atoms with van der Waals surface area (Å²) in [5.74, 6) is 1.64. The lowest BCUT2D eigenvalue weighted by Crippen LogP contribution is -2.61. The zero-order valence-electron chi connectivity index (χ0n) is 17.1. The Balaban J connectivity index is 1.46. The van der Waals surface area contributed by atoms with Crippen molar-refractivity contribution in [3.05, 3.63) is 22.9 Å². The summed E-state index contributed by atoms with van der Waals surface area (Å²) >= 11 is 0. The summed E-state index contributed by atoms with van der Waals surface area (Å²) < 4.78 is 24.7. The first kappa shape index (κ1) is 17.3. The van der Waals surface area contributed by atoms with E-state index in [0.29, 0.717) is 29.1 Å². The molecule has 5 bridgehead atoms. The van der Waals surface area contributed by atoms with Crippen molar-refractivity contribution in [2.45, 2.75) is 76.3 Å². The lowest BCUT2D eigenvalue weighted by Gasteiger charge is -2.48. The van der Waals surface area contributed by atoms with Crippen molar-refractivity contribution >= 4 is 5.97 Å². The average molecular weight is 387 g/mol. The number of hydrogen-bond donors (Lipinski definition) is 0. The van der Waals surface area contributed by atoms with E-state index in [9.17, 15) is 4.79 Å². The van der Waals surface area contributed by atoms with Crippen LogP contribution in [0.1, 0.15) is 52.9 Å². The highest BCUT2D eigenvalue weighted by atomic mass is 16.7. The van der Waals surface area contributed by atoms with Gasteiger partial charge in [-0.1, -0.05) is 26.7 Å². The van der Waals surface area contributed by atoms with Crippen LogP contribution in [-0.2, 0) is 23.7 Å². The number of allylic oxidation sites excluding steroid dienone is 1. The Labute approximate surface area is 165 Å². The van der Waals surface area contributed by atoms with Crippen LogP contribution in [0.25, 0.3) is 0 Å². The molecule has 6 rings (SSSR count). The van der Waals surface area contributed by atoms with Gasteiger partial charge in [0.2, 0.25) is 11.5 Å². The summed E-state index contributed by atoms with van der Waals surface area (Å²) in [5.41, 5.74) is 0.659. The monoisotopic (exact) mass is 387 g/mol. The molecule has 152 valence electrons. The molecule has 8 atom stereocenters. The molecular formula is C22H29NO5. The van der Waals surface area contributed by atoms with Crippen molar-refractivity contribution in [1.29, 1.82) is 0 Å². The first-order valence-electron chi connectivity index (χ1n) is 10.8. The fraction of sp³-hybridized carbons (Fsp3) is 0.773. The maximum Gasteiger partial charge on any atom is 0.343 e. The van der Waals surface area contributed by atoms with Crippen molar-refractivity contribution in [3.8, 4) is 0 Å². The number of nitrogens with zero attached hydrogens (tertiary/aromatic N) is 1. The van der Waals surface area contributed by atoms with E-state index >= 15 is 0 Å². The molecule has 6 nitrogen and oxygen atoms in total. The molecule has 6 aliphatic heterocycles. The van der Waals surface area contributed by atoms with Crippen LogP contribution in [-0.4, -0.2) is 48.0 Å². The van der Waals surface area contributed by atoms with E-state index in [1.165, 1.54) is 19.3 Å². The number of ether oxygens (including phenoxy) is 4. The Bertz CT molecular complexity index is 833. The van der Waals surface area contributed by atoms with Crippen LogP contribution in [0.15, 0.2) is 22.9 Å². The molecule has 8 unspecified atom stereocenters. The minimum Gasteiger partial charge on any atom is -0.492 e. The molecule has 6 heterocycles. The van der Waals surface area contributed by atoms with Crippen molar-refractivity contribution in [1.82, 2.24) is 4.90 Å². The lowest BCUT2D eigenvalue weighted by atomic mass is 9.69. The third-order valence-electron chi connectivity index (χ3n) is 8.53. The summed E-state index contributed by atoms with van der Waals surface area (Å²) in [4.78, 5) is 14.9. The molecule has 0 aliphatic carbocycles. The van der Waals surface area contributed by atoms with E-state index in [2.05, 4.69) is 18.7 Å². The molecule has 0 saturated carbocycles. The molecule has 0 amide bonds. The van der Waals surface area contributed by atoms with Gasteiger partial charge in [0.15, 0.2) is 5.76 Å². The standard InChI is InChI=1S/C22H29NO5/c1-5-6-8-21-14-7-9-23(21)13-10-15(21)27-22(14)16(13)11(2)18(28-22)19-17(25-4)12(3)20(24)26-19/h11,13-16H,5-10H2,1-4H3. The number of piperidine rings is 1. The van der Waals surface area contributed by atoms with Gasteiger partial charge >= 0.3 is 5.97 Å². The number of esters is 1. The van der Waals surface area contributed by atoms with Gasteiger partial charge in [-0.05, 0) is 32.7 Å². The number of carbonyl (C=O) groups is 1. The van der Waals surface area contributed by atoms with Crippen LogP contribution in [0.2, 0.25) is 0 Å². The summed E-state index contributed by atoms with van der Waals surface area (Å²) in [7, 11) is 1.58. The van der Waals surface area contributed by atoms with Gasteiger partial charge in [-0.2, -0.15) is 0 Å². The minimum absolute atomic E-state index is 0.134. The molecule has 0 aromatic heterocycles. The second-order valence-electron chi connectivity index (χ2n) is 9.42. The quantitative estimate of drug-likeness (QED) is 0.691. The van der Waals surface area contributed by atoms with E-state index < -0.39 is 5.79 Å². The third kappa shape index (κ3) is 1.65. The van der Waals surface area contributed by atoms with Crippen LogP contribution in [0.3, 0.4) is 0 Å². The fourth-order valence-corrected chi connectivity index (χ4v) is 7.64. The molecule has 1 spiro atoms. The molecular weight excluding hydrogens is 358 g/mol. The van der Waals surface area contributed by atoms with Gasteiger partial charge in [0.1, 0.15) is 5.76 Å². The maximum atomic E-state index is 12.2. The topological polar surface area (TPSA) is 57.2 Å². The van der Waals surface area contributed by atoms with E-state index in [4.69, 9.17) is 18.9 Å². The molecule has 6 heteroatoms. The van der Waals surface area contributed by atoms with Gasteiger partial charge < -0.3 is 18.9 Å². The highest BCUT2D eigenvalue weighted by Gasteiger charge is 2.84. The molecule has 5 fully saturated rings. The minimum atomic E-state index is -0.558. The van der Waals surface area contributed by atoms with Crippen LogP contribution >= 0.6 is 0 Å².